The number of carbonyl (C=O) groups is 1. The van der Waals surface area contributed by atoms with E-state index in [0.29, 0.717) is 24.9 Å². The zero-order chi connectivity index (χ0) is 16.1. The molecule has 2 rings (SSSR count). The number of hydrogen-bond acceptors (Lipinski definition) is 3. The maximum atomic E-state index is 12.5. The molecule has 1 amide bonds. The van der Waals surface area contributed by atoms with Gasteiger partial charge in [-0.2, -0.15) is 10.4 Å². The Morgan fingerprint density at radius 2 is 2.05 bits per heavy atom. The van der Waals surface area contributed by atoms with Crippen LogP contribution in [0.1, 0.15) is 35.0 Å². The molecule has 0 aliphatic heterocycles. The summed E-state index contributed by atoms with van der Waals surface area (Å²) in [6.07, 6.45) is 2.65. The predicted molar refractivity (Wildman–Crippen MR) is 84.9 cm³/mol. The summed E-state index contributed by atoms with van der Waals surface area (Å²) in [7, 11) is 1.71. The van der Waals surface area contributed by atoms with Gasteiger partial charge in [-0.05, 0) is 25.5 Å². The van der Waals surface area contributed by atoms with E-state index >= 15 is 0 Å². The summed E-state index contributed by atoms with van der Waals surface area (Å²) in [4.78, 5) is 14.1. The van der Waals surface area contributed by atoms with Crippen LogP contribution in [0.2, 0.25) is 0 Å². The normalized spacial score (nSPS) is 10.3. The van der Waals surface area contributed by atoms with Crippen LogP contribution >= 0.6 is 0 Å². The molecule has 114 valence electrons. The minimum Gasteiger partial charge on any atom is -0.341 e. The third-order valence-corrected chi connectivity index (χ3v) is 3.62. The molecule has 0 radical (unpaired) electrons. The van der Waals surface area contributed by atoms with Gasteiger partial charge < -0.3 is 4.90 Å². The quantitative estimate of drug-likeness (QED) is 0.852. The molecule has 0 fully saturated rings. The zero-order valence-electron chi connectivity index (χ0n) is 13.2. The molecule has 0 aliphatic rings. The van der Waals surface area contributed by atoms with E-state index in [0.717, 1.165) is 11.4 Å². The highest BCUT2D eigenvalue weighted by atomic mass is 16.2. The minimum atomic E-state index is -0.0922. The van der Waals surface area contributed by atoms with Crippen molar-refractivity contribution in [2.45, 2.75) is 26.7 Å². The van der Waals surface area contributed by atoms with Crippen molar-refractivity contribution in [3.05, 3.63) is 47.3 Å². The number of carbonyl (C=O) groups excluding carboxylic acids is 1. The summed E-state index contributed by atoms with van der Waals surface area (Å²) in [6, 6.07) is 10.1. The molecule has 1 heterocycles. The van der Waals surface area contributed by atoms with Gasteiger partial charge >= 0.3 is 0 Å². The molecule has 0 spiro atoms. The number of hydrogen-bond donors (Lipinski definition) is 0. The number of amides is 1. The Labute approximate surface area is 130 Å². The van der Waals surface area contributed by atoms with E-state index in [-0.39, 0.29) is 5.91 Å². The van der Waals surface area contributed by atoms with Gasteiger partial charge in [0.05, 0.1) is 35.6 Å². The Hall–Kier alpha value is -2.61. The summed E-state index contributed by atoms with van der Waals surface area (Å²) in [5.41, 5.74) is 3.61. The highest BCUT2D eigenvalue weighted by Gasteiger charge is 2.20. The smallest absolute Gasteiger partial charge is 0.257 e. The first kappa shape index (κ1) is 15.8. The molecule has 0 saturated carbocycles. The average molecular weight is 296 g/mol. The lowest BCUT2D eigenvalue weighted by molar-refractivity contribution is 0.0797. The van der Waals surface area contributed by atoms with Crippen LogP contribution in [0.4, 0.5) is 0 Å². The van der Waals surface area contributed by atoms with Gasteiger partial charge in [0.15, 0.2) is 0 Å². The Morgan fingerprint density at radius 3 is 2.64 bits per heavy atom. The highest BCUT2D eigenvalue weighted by molar-refractivity contribution is 5.95. The number of rotatable bonds is 5. The van der Waals surface area contributed by atoms with E-state index in [1.807, 2.05) is 42.8 Å². The Kier molecular flexibility index (Phi) is 4.95. The number of benzene rings is 1. The number of aromatic nitrogens is 2. The lowest BCUT2D eigenvalue weighted by Crippen LogP contribution is -2.28. The van der Waals surface area contributed by atoms with E-state index in [4.69, 9.17) is 5.26 Å². The van der Waals surface area contributed by atoms with E-state index in [2.05, 4.69) is 11.2 Å². The second kappa shape index (κ2) is 6.90. The van der Waals surface area contributed by atoms with Crippen LogP contribution < -0.4 is 0 Å². The lowest BCUT2D eigenvalue weighted by Gasteiger charge is -2.15. The van der Waals surface area contributed by atoms with Crippen molar-refractivity contribution in [2.75, 3.05) is 13.6 Å². The van der Waals surface area contributed by atoms with Crippen LogP contribution in [-0.4, -0.2) is 34.2 Å². The van der Waals surface area contributed by atoms with Gasteiger partial charge in [0.1, 0.15) is 0 Å². The predicted octanol–water partition coefficient (Wildman–Crippen LogP) is 2.73. The van der Waals surface area contributed by atoms with Crippen molar-refractivity contribution in [3.8, 4) is 11.8 Å². The van der Waals surface area contributed by atoms with E-state index in [1.165, 1.54) is 5.56 Å². The van der Waals surface area contributed by atoms with Crippen LogP contribution in [0, 0.1) is 18.3 Å². The largest absolute Gasteiger partial charge is 0.341 e. The molecule has 0 bridgehead atoms. The minimum absolute atomic E-state index is 0.0922. The fraction of sp³-hybridized carbons (Fsp3) is 0.353. The average Bonchev–Trinajstić information content (AvgIpc) is 2.96. The van der Waals surface area contributed by atoms with Gasteiger partial charge in [0.2, 0.25) is 0 Å². The monoisotopic (exact) mass is 296 g/mol. The topological polar surface area (TPSA) is 61.9 Å². The molecule has 0 saturated heterocycles. The Bertz CT molecular complexity index is 694. The maximum Gasteiger partial charge on any atom is 0.257 e. The van der Waals surface area contributed by atoms with Gasteiger partial charge in [-0.15, -0.1) is 0 Å². The first-order chi connectivity index (χ1) is 10.6. The molecule has 5 nitrogen and oxygen atoms in total. The first-order valence-electron chi connectivity index (χ1n) is 7.34. The van der Waals surface area contributed by atoms with Crippen LogP contribution in [0.5, 0.6) is 0 Å². The van der Waals surface area contributed by atoms with Crippen LogP contribution in [0.3, 0.4) is 0 Å². The van der Waals surface area contributed by atoms with Crippen LogP contribution in [0.15, 0.2) is 30.5 Å². The Balaban J connectivity index is 2.33. The Morgan fingerprint density at radius 1 is 1.36 bits per heavy atom. The molecule has 1 aromatic heterocycles. The molecule has 5 heteroatoms. The third-order valence-electron chi connectivity index (χ3n) is 3.62. The fourth-order valence-corrected chi connectivity index (χ4v) is 2.33. The van der Waals surface area contributed by atoms with Crippen molar-refractivity contribution in [1.29, 1.82) is 5.26 Å². The van der Waals surface area contributed by atoms with Crippen molar-refractivity contribution in [2.24, 2.45) is 0 Å². The summed E-state index contributed by atoms with van der Waals surface area (Å²) in [6.45, 7) is 4.47. The molecule has 1 aromatic carbocycles. The van der Waals surface area contributed by atoms with E-state index < -0.39 is 0 Å². The van der Waals surface area contributed by atoms with Crippen molar-refractivity contribution >= 4 is 5.91 Å². The number of nitrogens with zero attached hydrogens (tertiary/aromatic N) is 4. The third kappa shape index (κ3) is 3.17. The van der Waals surface area contributed by atoms with Gasteiger partial charge in [0.25, 0.3) is 5.91 Å². The zero-order valence-corrected chi connectivity index (χ0v) is 13.2. The molecule has 0 N–H and O–H groups in total. The summed E-state index contributed by atoms with van der Waals surface area (Å²) >= 11 is 0. The maximum absolute atomic E-state index is 12.5. The highest BCUT2D eigenvalue weighted by Crippen LogP contribution is 2.17. The second-order valence-electron chi connectivity index (χ2n) is 5.24. The SMILES string of the molecule is CCc1c(C(=O)N(C)CCC#N)cnn1-c1ccc(C)cc1. The lowest BCUT2D eigenvalue weighted by atomic mass is 10.1. The molecule has 0 unspecified atom stereocenters. The number of aryl methyl sites for hydroxylation is 1. The fourth-order valence-electron chi connectivity index (χ4n) is 2.33. The summed E-state index contributed by atoms with van der Waals surface area (Å²) < 4.78 is 1.81. The molecule has 0 atom stereocenters. The van der Waals surface area contributed by atoms with E-state index in [1.54, 1.807) is 18.1 Å². The van der Waals surface area contributed by atoms with Gasteiger partial charge in [-0.25, -0.2) is 4.68 Å². The first-order valence-corrected chi connectivity index (χ1v) is 7.34. The van der Waals surface area contributed by atoms with Gasteiger partial charge in [-0.1, -0.05) is 24.6 Å². The van der Waals surface area contributed by atoms with Crippen LogP contribution in [0.25, 0.3) is 5.69 Å². The molecular weight excluding hydrogens is 276 g/mol. The molecular formula is C17H20N4O. The molecule has 2 aromatic rings. The summed E-state index contributed by atoms with van der Waals surface area (Å²) in [5, 5.41) is 13.0. The van der Waals surface area contributed by atoms with Crippen molar-refractivity contribution < 1.29 is 4.79 Å². The second-order valence-corrected chi connectivity index (χ2v) is 5.24. The van der Waals surface area contributed by atoms with Crippen molar-refractivity contribution in [1.82, 2.24) is 14.7 Å². The van der Waals surface area contributed by atoms with Gasteiger partial charge in [-0.3, -0.25) is 4.79 Å². The summed E-state index contributed by atoms with van der Waals surface area (Å²) in [5.74, 6) is -0.0922. The number of nitriles is 1. The van der Waals surface area contributed by atoms with Crippen molar-refractivity contribution in [3.63, 3.8) is 0 Å². The van der Waals surface area contributed by atoms with Gasteiger partial charge in [0, 0.05) is 13.6 Å². The van der Waals surface area contributed by atoms with Crippen LogP contribution in [-0.2, 0) is 6.42 Å². The van der Waals surface area contributed by atoms with E-state index in [9.17, 15) is 4.79 Å². The standard InChI is InChI=1S/C17H20N4O/c1-4-16-15(17(22)20(3)11-5-10-18)12-19-21(16)14-8-6-13(2)7-9-14/h6-9,12H,4-5,11H2,1-3H3. The molecule has 22 heavy (non-hydrogen) atoms. The molecule has 0 aliphatic carbocycles.